The van der Waals surface area contributed by atoms with Crippen LogP contribution in [0.3, 0.4) is 0 Å². The highest BCUT2D eigenvalue weighted by molar-refractivity contribution is 8.02. The number of amides is 2. The SMILES string of the molecule is CCN(CC)C(=O)NC1CSC1(C)C. The van der Waals surface area contributed by atoms with Crippen LogP contribution < -0.4 is 5.32 Å². The van der Waals surface area contributed by atoms with Crippen LogP contribution in [-0.2, 0) is 0 Å². The van der Waals surface area contributed by atoms with Crippen molar-refractivity contribution in [3.8, 4) is 0 Å². The van der Waals surface area contributed by atoms with Gasteiger partial charge in [0.15, 0.2) is 0 Å². The highest BCUT2D eigenvalue weighted by Crippen LogP contribution is 2.39. The van der Waals surface area contributed by atoms with Crippen molar-refractivity contribution in [1.29, 1.82) is 0 Å². The molecule has 1 aliphatic heterocycles. The maximum atomic E-state index is 11.7. The van der Waals surface area contributed by atoms with E-state index in [2.05, 4.69) is 19.2 Å². The molecule has 1 heterocycles. The predicted octanol–water partition coefficient (Wildman–Crippen LogP) is 1.93. The molecule has 4 heteroatoms. The lowest BCUT2D eigenvalue weighted by Crippen LogP contribution is -2.58. The van der Waals surface area contributed by atoms with E-state index in [1.54, 1.807) is 0 Å². The van der Waals surface area contributed by atoms with Crippen LogP contribution in [0, 0.1) is 0 Å². The number of rotatable bonds is 3. The van der Waals surface area contributed by atoms with Gasteiger partial charge >= 0.3 is 6.03 Å². The van der Waals surface area contributed by atoms with Crippen molar-refractivity contribution >= 4 is 17.8 Å². The monoisotopic (exact) mass is 216 g/mol. The van der Waals surface area contributed by atoms with Gasteiger partial charge in [-0.05, 0) is 27.7 Å². The van der Waals surface area contributed by atoms with Crippen LogP contribution in [-0.4, -0.2) is 40.6 Å². The van der Waals surface area contributed by atoms with Crippen molar-refractivity contribution in [2.24, 2.45) is 0 Å². The Balaban J connectivity index is 2.41. The molecule has 1 aliphatic rings. The highest BCUT2D eigenvalue weighted by Gasteiger charge is 2.40. The molecule has 2 amide bonds. The summed E-state index contributed by atoms with van der Waals surface area (Å²) >= 11 is 1.91. The molecule has 1 atom stereocenters. The first-order valence-electron chi connectivity index (χ1n) is 5.20. The lowest BCUT2D eigenvalue weighted by molar-refractivity contribution is 0.197. The smallest absolute Gasteiger partial charge is 0.317 e. The van der Waals surface area contributed by atoms with Gasteiger partial charge in [0.2, 0.25) is 0 Å². The molecule has 1 fully saturated rings. The second-order valence-corrected chi connectivity index (χ2v) is 5.76. The summed E-state index contributed by atoms with van der Waals surface area (Å²) in [5, 5.41) is 3.07. The third-order valence-electron chi connectivity index (χ3n) is 2.81. The minimum absolute atomic E-state index is 0.0772. The first-order valence-corrected chi connectivity index (χ1v) is 6.19. The minimum atomic E-state index is 0.0772. The largest absolute Gasteiger partial charge is 0.333 e. The summed E-state index contributed by atoms with van der Waals surface area (Å²) in [7, 11) is 0. The predicted molar refractivity (Wildman–Crippen MR) is 61.8 cm³/mol. The molecule has 0 aliphatic carbocycles. The zero-order chi connectivity index (χ0) is 10.8. The summed E-state index contributed by atoms with van der Waals surface area (Å²) in [5.74, 6) is 1.04. The Hall–Kier alpha value is -0.380. The van der Waals surface area contributed by atoms with Crippen molar-refractivity contribution in [2.45, 2.75) is 38.5 Å². The second kappa shape index (κ2) is 4.43. The van der Waals surface area contributed by atoms with Crippen LogP contribution in [0.4, 0.5) is 4.79 Å². The van der Waals surface area contributed by atoms with Gasteiger partial charge in [-0.1, -0.05) is 0 Å². The average molecular weight is 216 g/mol. The average Bonchev–Trinajstić information content (AvgIpc) is 2.15. The molecule has 0 aromatic carbocycles. The Morgan fingerprint density at radius 2 is 2.07 bits per heavy atom. The quantitative estimate of drug-likeness (QED) is 0.782. The fraction of sp³-hybridized carbons (Fsp3) is 0.900. The van der Waals surface area contributed by atoms with E-state index in [4.69, 9.17) is 0 Å². The summed E-state index contributed by atoms with van der Waals surface area (Å²) in [5.41, 5.74) is 0. The molecule has 1 saturated heterocycles. The Bertz CT molecular complexity index is 214. The normalized spacial score (nSPS) is 23.9. The maximum Gasteiger partial charge on any atom is 0.317 e. The fourth-order valence-corrected chi connectivity index (χ4v) is 2.61. The van der Waals surface area contributed by atoms with Crippen LogP contribution in [0.5, 0.6) is 0 Å². The Kier molecular flexibility index (Phi) is 3.70. The lowest BCUT2D eigenvalue weighted by atomic mass is 10.0. The Morgan fingerprint density at radius 1 is 1.50 bits per heavy atom. The summed E-state index contributed by atoms with van der Waals surface area (Å²) in [6, 6.07) is 0.411. The summed E-state index contributed by atoms with van der Waals surface area (Å²) in [4.78, 5) is 13.5. The number of nitrogens with zero attached hydrogens (tertiary/aromatic N) is 1. The molecule has 82 valence electrons. The van der Waals surface area contributed by atoms with E-state index in [0.29, 0.717) is 6.04 Å². The number of hydrogen-bond acceptors (Lipinski definition) is 2. The molecule has 0 aromatic rings. The van der Waals surface area contributed by atoms with Gasteiger partial charge in [-0.2, -0.15) is 11.8 Å². The second-order valence-electron chi connectivity index (χ2n) is 4.09. The fourth-order valence-electron chi connectivity index (χ4n) is 1.47. The van der Waals surface area contributed by atoms with E-state index in [0.717, 1.165) is 18.8 Å². The number of thioether (sulfide) groups is 1. The number of carbonyl (C=O) groups is 1. The van der Waals surface area contributed by atoms with Crippen LogP contribution in [0.2, 0.25) is 0 Å². The van der Waals surface area contributed by atoms with Crippen molar-refractivity contribution in [1.82, 2.24) is 10.2 Å². The molecule has 0 aromatic heterocycles. The van der Waals surface area contributed by atoms with Gasteiger partial charge < -0.3 is 10.2 Å². The van der Waals surface area contributed by atoms with Gasteiger partial charge in [0.1, 0.15) is 0 Å². The Labute approximate surface area is 90.6 Å². The molecule has 1 N–H and O–H groups in total. The highest BCUT2D eigenvalue weighted by atomic mass is 32.2. The summed E-state index contributed by atoms with van der Waals surface area (Å²) < 4.78 is 0.211. The first-order chi connectivity index (χ1) is 6.51. The maximum absolute atomic E-state index is 11.7. The van der Waals surface area contributed by atoms with E-state index < -0.39 is 0 Å². The Morgan fingerprint density at radius 3 is 2.36 bits per heavy atom. The van der Waals surface area contributed by atoms with Crippen molar-refractivity contribution in [3.63, 3.8) is 0 Å². The molecule has 0 saturated carbocycles. The third-order valence-corrected chi connectivity index (χ3v) is 4.34. The number of nitrogens with one attached hydrogen (secondary N) is 1. The van der Waals surface area contributed by atoms with E-state index in [9.17, 15) is 4.79 Å². The number of hydrogen-bond donors (Lipinski definition) is 1. The minimum Gasteiger partial charge on any atom is -0.333 e. The number of carbonyl (C=O) groups excluding carboxylic acids is 1. The standard InChI is InChI=1S/C10H20N2OS/c1-5-12(6-2)9(13)11-8-7-14-10(8,3)4/h8H,5-7H2,1-4H3,(H,11,13). The lowest BCUT2D eigenvalue weighted by Gasteiger charge is -2.44. The zero-order valence-corrected chi connectivity index (χ0v) is 10.3. The van der Waals surface area contributed by atoms with E-state index in [-0.39, 0.29) is 10.8 Å². The van der Waals surface area contributed by atoms with Gasteiger partial charge in [-0.15, -0.1) is 0 Å². The van der Waals surface area contributed by atoms with Gasteiger partial charge in [0.25, 0.3) is 0 Å². The molecular formula is C10H20N2OS. The van der Waals surface area contributed by atoms with E-state index in [1.165, 1.54) is 0 Å². The van der Waals surface area contributed by atoms with Crippen molar-refractivity contribution in [2.75, 3.05) is 18.8 Å². The van der Waals surface area contributed by atoms with Gasteiger partial charge in [0.05, 0.1) is 6.04 Å². The van der Waals surface area contributed by atoms with Gasteiger partial charge in [0, 0.05) is 23.6 Å². The topological polar surface area (TPSA) is 32.3 Å². The molecule has 3 nitrogen and oxygen atoms in total. The molecule has 1 unspecified atom stereocenters. The molecule has 0 spiro atoms. The molecule has 0 bridgehead atoms. The van der Waals surface area contributed by atoms with Crippen LogP contribution >= 0.6 is 11.8 Å². The summed E-state index contributed by atoms with van der Waals surface area (Å²) in [6.45, 7) is 9.92. The number of urea groups is 1. The molecule has 1 rings (SSSR count). The molecule has 0 radical (unpaired) electrons. The van der Waals surface area contributed by atoms with E-state index in [1.807, 2.05) is 30.5 Å². The van der Waals surface area contributed by atoms with Crippen LogP contribution in [0.1, 0.15) is 27.7 Å². The molecule has 14 heavy (non-hydrogen) atoms. The van der Waals surface area contributed by atoms with E-state index >= 15 is 0 Å². The van der Waals surface area contributed by atoms with Crippen molar-refractivity contribution in [3.05, 3.63) is 0 Å². The van der Waals surface area contributed by atoms with Crippen LogP contribution in [0.15, 0.2) is 0 Å². The van der Waals surface area contributed by atoms with Gasteiger partial charge in [-0.25, -0.2) is 4.79 Å². The molecular weight excluding hydrogens is 196 g/mol. The third kappa shape index (κ3) is 2.35. The van der Waals surface area contributed by atoms with Gasteiger partial charge in [-0.3, -0.25) is 0 Å². The first kappa shape index (κ1) is 11.7. The van der Waals surface area contributed by atoms with Crippen molar-refractivity contribution < 1.29 is 4.79 Å². The van der Waals surface area contributed by atoms with Crippen LogP contribution in [0.25, 0.3) is 0 Å². The summed E-state index contributed by atoms with van der Waals surface area (Å²) in [6.07, 6.45) is 0. The zero-order valence-electron chi connectivity index (χ0n) is 9.46.